The molecule has 2 amide bonds. The highest BCUT2D eigenvalue weighted by atomic mass is 16.2. The molecule has 4 heteroatoms. The topological polar surface area (TPSA) is 49.7 Å². The van der Waals surface area contributed by atoms with Gasteiger partial charge in [-0.1, -0.05) is 97.1 Å². The summed E-state index contributed by atoms with van der Waals surface area (Å²) in [5.41, 5.74) is 5.35. The van der Waals surface area contributed by atoms with Crippen molar-refractivity contribution in [2.75, 3.05) is 4.90 Å². The van der Waals surface area contributed by atoms with Crippen LogP contribution in [0.1, 0.15) is 33.7 Å². The molecular weight excluding hydrogens is 444 g/mol. The van der Waals surface area contributed by atoms with Crippen LogP contribution in [-0.2, 0) is 21.5 Å². The monoisotopic (exact) mass is 468 g/mol. The molecule has 4 aromatic carbocycles. The molecule has 0 aromatic heterocycles. The van der Waals surface area contributed by atoms with Crippen LogP contribution >= 0.6 is 0 Å². The van der Waals surface area contributed by atoms with E-state index in [1.165, 1.54) is 4.90 Å². The molecule has 36 heavy (non-hydrogen) atoms. The van der Waals surface area contributed by atoms with E-state index < -0.39 is 17.3 Å². The molecule has 1 aliphatic heterocycles. The van der Waals surface area contributed by atoms with Crippen LogP contribution in [-0.4, -0.2) is 18.0 Å². The minimum atomic E-state index is -0.808. The lowest BCUT2D eigenvalue weighted by atomic mass is 9.47. The minimum absolute atomic E-state index is 0.119. The third-order valence-electron chi connectivity index (χ3n) is 8.11. The number of para-hydroxylation sites is 1. The van der Waals surface area contributed by atoms with Crippen LogP contribution in [0.2, 0.25) is 0 Å². The Morgan fingerprint density at radius 1 is 0.694 bits per heavy atom. The maximum absolute atomic E-state index is 14.2. The number of benzene rings is 4. The Kier molecular flexibility index (Phi) is 4.58. The van der Waals surface area contributed by atoms with E-state index in [1.807, 2.05) is 79.0 Å². The fourth-order valence-corrected chi connectivity index (χ4v) is 6.76. The number of imide groups is 1. The highest BCUT2D eigenvalue weighted by molar-refractivity contribution is 6.25. The summed E-state index contributed by atoms with van der Waals surface area (Å²) in [6.07, 6.45) is 1.98. The van der Waals surface area contributed by atoms with Gasteiger partial charge in [0.25, 0.3) is 0 Å². The molecular formula is C32H24N2O2. The van der Waals surface area contributed by atoms with Gasteiger partial charge in [0.2, 0.25) is 11.8 Å². The number of carbonyl (C=O) groups is 2. The number of aliphatic imine (C=N–C) groups is 1. The smallest absolute Gasteiger partial charge is 0.239 e. The van der Waals surface area contributed by atoms with Crippen molar-refractivity contribution < 1.29 is 9.59 Å². The van der Waals surface area contributed by atoms with Crippen LogP contribution in [0.15, 0.2) is 114 Å². The van der Waals surface area contributed by atoms with Gasteiger partial charge >= 0.3 is 0 Å². The van der Waals surface area contributed by atoms with Gasteiger partial charge < -0.3 is 0 Å². The van der Waals surface area contributed by atoms with Crippen molar-refractivity contribution in [1.82, 2.24) is 0 Å². The lowest BCUT2D eigenvalue weighted by Gasteiger charge is -2.52. The molecule has 0 N–H and O–H groups in total. The van der Waals surface area contributed by atoms with Gasteiger partial charge in [0.05, 0.1) is 29.5 Å². The summed E-state index contributed by atoms with van der Waals surface area (Å²) in [4.78, 5) is 34.7. The molecule has 3 aliphatic carbocycles. The van der Waals surface area contributed by atoms with Crippen molar-refractivity contribution in [3.05, 3.63) is 137 Å². The highest BCUT2D eigenvalue weighted by Crippen LogP contribution is 2.63. The molecule has 0 unspecified atom stereocenters. The minimum Gasteiger partial charge on any atom is -0.291 e. The van der Waals surface area contributed by atoms with Crippen LogP contribution < -0.4 is 4.90 Å². The Labute approximate surface area is 209 Å². The predicted octanol–water partition coefficient (Wildman–Crippen LogP) is 5.51. The standard InChI is InChI=1S/C32H24N2O2/c35-30-28-27-23-15-7-9-17-25(23)32(26-18-10-8-16-24(26)27,20-33-19-21-11-3-1-4-12-21)29(28)31(36)34(30)22-13-5-2-6-14-22/h1-18,20,27-29H,19H2/t27?,28-,29-,32?/m1/s1. The average molecular weight is 469 g/mol. The molecule has 1 fully saturated rings. The molecule has 4 aromatic rings. The summed E-state index contributed by atoms with van der Waals surface area (Å²) in [5, 5.41) is 0. The first kappa shape index (κ1) is 21.0. The fraction of sp³-hybridized carbons (Fsp3) is 0.156. The molecule has 4 aliphatic rings. The van der Waals surface area contributed by atoms with Crippen molar-refractivity contribution in [2.24, 2.45) is 16.8 Å². The predicted molar refractivity (Wildman–Crippen MR) is 140 cm³/mol. The van der Waals surface area contributed by atoms with E-state index in [0.29, 0.717) is 12.2 Å². The molecule has 174 valence electrons. The van der Waals surface area contributed by atoms with E-state index in [1.54, 1.807) is 0 Å². The second-order valence-electron chi connectivity index (χ2n) is 9.83. The maximum atomic E-state index is 14.2. The van der Waals surface area contributed by atoms with Crippen LogP contribution in [0.5, 0.6) is 0 Å². The zero-order chi connectivity index (χ0) is 24.3. The van der Waals surface area contributed by atoms with Gasteiger partial charge in [0, 0.05) is 12.1 Å². The van der Waals surface area contributed by atoms with Crippen LogP contribution in [0.25, 0.3) is 0 Å². The number of hydrogen-bond acceptors (Lipinski definition) is 3. The van der Waals surface area contributed by atoms with E-state index >= 15 is 0 Å². The summed E-state index contributed by atoms with van der Waals surface area (Å²) < 4.78 is 0. The summed E-state index contributed by atoms with van der Waals surface area (Å²) >= 11 is 0. The first-order valence-electron chi connectivity index (χ1n) is 12.4. The molecule has 0 spiro atoms. The van der Waals surface area contributed by atoms with Gasteiger partial charge in [-0.15, -0.1) is 0 Å². The summed E-state index contributed by atoms with van der Waals surface area (Å²) in [7, 11) is 0. The first-order chi connectivity index (χ1) is 17.7. The van der Waals surface area contributed by atoms with Gasteiger partial charge in [-0.05, 0) is 39.9 Å². The third-order valence-corrected chi connectivity index (χ3v) is 8.11. The summed E-state index contributed by atoms with van der Waals surface area (Å²) in [6, 6.07) is 36.0. The number of anilines is 1. The average Bonchev–Trinajstić information content (AvgIpc) is 3.21. The number of amides is 2. The van der Waals surface area contributed by atoms with Crippen molar-refractivity contribution in [3.63, 3.8) is 0 Å². The van der Waals surface area contributed by atoms with Gasteiger partial charge in [0.15, 0.2) is 0 Å². The van der Waals surface area contributed by atoms with E-state index in [-0.39, 0.29) is 17.7 Å². The highest BCUT2D eigenvalue weighted by Gasteiger charge is 2.67. The first-order valence-corrected chi connectivity index (χ1v) is 12.4. The van der Waals surface area contributed by atoms with Gasteiger partial charge in [-0.2, -0.15) is 0 Å². The second-order valence-corrected chi connectivity index (χ2v) is 9.83. The lowest BCUT2D eigenvalue weighted by molar-refractivity contribution is -0.122. The van der Waals surface area contributed by atoms with Crippen molar-refractivity contribution in [3.8, 4) is 0 Å². The zero-order valence-corrected chi connectivity index (χ0v) is 19.6. The van der Waals surface area contributed by atoms with E-state index in [4.69, 9.17) is 4.99 Å². The number of carbonyl (C=O) groups excluding carboxylic acids is 2. The Morgan fingerprint density at radius 2 is 1.25 bits per heavy atom. The number of rotatable bonds is 4. The van der Waals surface area contributed by atoms with E-state index in [0.717, 1.165) is 27.8 Å². The van der Waals surface area contributed by atoms with E-state index in [2.05, 4.69) is 36.4 Å². The third kappa shape index (κ3) is 2.73. The van der Waals surface area contributed by atoms with Crippen molar-refractivity contribution in [2.45, 2.75) is 17.9 Å². The van der Waals surface area contributed by atoms with Crippen molar-refractivity contribution >= 4 is 23.7 Å². The largest absolute Gasteiger partial charge is 0.291 e. The van der Waals surface area contributed by atoms with Crippen molar-refractivity contribution in [1.29, 1.82) is 0 Å². The molecule has 4 nitrogen and oxygen atoms in total. The molecule has 1 heterocycles. The molecule has 2 atom stereocenters. The van der Waals surface area contributed by atoms with Crippen LogP contribution in [0, 0.1) is 11.8 Å². The Hall–Kier alpha value is -4.31. The SMILES string of the molecule is O=C1[C@@H]2C3c4ccccc4C(C=NCc4ccccc4)(c4ccccc43)[C@H]2C(=O)N1c1ccccc1. The number of hydrogen-bond donors (Lipinski definition) is 0. The lowest BCUT2D eigenvalue weighted by Crippen LogP contribution is -2.54. The fourth-order valence-electron chi connectivity index (χ4n) is 6.76. The Morgan fingerprint density at radius 3 is 1.89 bits per heavy atom. The van der Waals surface area contributed by atoms with Crippen LogP contribution in [0.3, 0.4) is 0 Å². The molecule has 0 radical (unpaired) electrons. The summed E-state index contributed by atoms with van der Waals surface area (Å²) in [6.45, 7) is 0.512. The van der Waals surface area contributed by atoms with Crippen LogP contribution in [0.4, 0.5) is 5.69 Å². The maximum Gasteiger partial charge on any atom is 0.239 e. The van der Waals surface area contributed by atoms with E-state index in [9.17, 15) is 9.59 Å². The normalized spacial score (nSPS) is 25.7. The second kappa shape index (κ2) is 7.85. The summed E-state index contributed by atoms with van der Waals surface area (Å²) in [5.74, 6) is -1.43. The Bertz CT molecular complexity index is 1480. The van der Waals surface area contributed by atoms with Gasteiger partial charge in [-0.3, -0.25) is 14.6 Å². The number of nitrogens with zero attached hydrogens (tertiary/aromatic N) is 2. The Balaban J connectivity index is 1.47. The molecule has 2 bridgehead atoms. The molecule has 8 rings (SSSR count). The zero-order valence-electron chi connectivity index (χ0n) is 19.6. The molecule has 0 saturated carbocycles. The molecule has 1 saturated heterocycles. The van der Waals surface area contributed by atoms with Gasteiger partial charge in [0.1, 0.15) is 0 Å². The van der Waals surface area contributed by atoms with Gasteiger partial charge in [-0.25, -0.2) is 4.90 Å². The quantitative estimate of drug-likeness (QED) is 0.293.